The van der Waals surface area contributed by atoms with Crippen molar-refractivity contribution in [3.05, 3.63) is 0 Å². The van der Waals surface area contributed by atoms with E-state index in [-0.39, 0.29) is 0 Å². The van der Waals surface area contributed by atoms with Gasteiger partial charge in [0.05, 0.1) is 6.61 Å². The summed E-state index contributed by atoms with van der Waals surface area (Å²) in [7, 11) is 3.81. The van der Waals surface area contributed by atoms with Gasteiger partial charge in [-0.1, -0.05) is 15.9 Å². The normalized spacial score (nSPS) is 10.7. The van der Waals surface area contributed by atoms with E-state index in [0.29, 0.717) is 0 Å². The Hall–Kier alpha value is 0.400. The maximum Gasteiger partial charge on any atom is 0.0589 e. The lowest BCUT2D eigenvalue weighted by Crippen LogP contribution is -2.24. The standard InChI is InChI=1S/C6H14BrNO/c1-8(4-3-7)5-6-9-2/h3-6H2,1-2H3. The highest BCUT2D eigenvalue weighted by Crippen LogP contribution is 1.85. The molecule has 0 aliphatic heterocycles. The summed E-state index contributed by atoms with van der Waals surface area (Å²) in [4.78, 5) is 2.22. The molecule has 0 bridgehead atoms. The zero-order valence-corrected chi connectivity index (χ0v) is 7.65. The lowest BCUT2D eigenvalue weighted by molar-refractivity contribution is 0.164. The minimum atomic E-state index is 0.823. The van der Waals surface area contributed by atoms with E-state index in [1.54, 1.807) is 7.11 Å². The van der Waals surface area contributed by atoms with Crippen LogP contribution in [0.2, 0.25) is 0 Å². The monoisotopic (exact) mass is 195 g/mol. The third-order valence-corrected chi connectivity index (χ3v) is 1.50. The lowest BCUT2D eigenvalue weighted by atomic mass is 10.5. The van der Waals surface area contributed by atoms with Gasteiger partial charge in [-0.05, 0) is 7.05 Å². The van der Waals surface area contributed by atoms with Gasteiger partial charge < -0.3 is 9.64 Å². The average molecular weight is 196 g/mol. The van der Waals surface area contributed by atoms with Crippen molar-refractivity contribution in [3.8, 4) is 0 Å². The van der Waals surface area contributed by atoms with Crippen molar-refractivity contribution in [2.24, 2.45) is 0 Å². The summed E-state index contributed by atoms with van der Waals surface area (Å²) in [6.07, 6.45) is 0. The molecule has 0 saturated carbocycles. The summed E-state index contributed by atoms with van der Waals surface area (Å²) in [5.41, 5.74) is 0. The predicted molar refractivity (Wildman–Crippen MR) is 43.2 cm³/mol. The molecular formula is C6H14BrNO. The Labute approximate surface area is 65.3 Å². The van der Waals surface area contributed by atoms with E-state index in [1.807, 2.05) is 0 Å². The molecule has 0 N–H and O–H groups in total. The summed E-state index contributed by atoms with van der Waals surface area (Å²) in [6, 6.07) is 0. The summed E-state index contributed by atoms with van der Waals surface area (Å²) in [5, 5.41) is 1.03. The first-order valence-corrected chi connectivity index (χ1v) is 4.17. The van der Waals surface area contributed by atoms with Gasteiger partial charge in [-0.15, -0.1) is 0 Å². The summed E-state index contributed by atoms with van der Waals surface area (Å²) >= 11 is 3.36. The van der Waals surface area contributed by atoms with Crippen LogP contribution in [0.25, 0.3) is 0 Å². The van der Waals surface area contributed by atoms with Crippen LogP contribution in [0, 0.1) is 0 Å². The van der Waals surface area contributed by atoms with E-state index in [0.717, 1.165) is 25.0 Å². The van der Waals surface area contributed by atoms with Gasteiger partial charge in [0, 0.05) is 25.5 Å². The number of nitrogens with zero attached hydrogens (tertiary/aromatic N) is 1. The number of rotatable bonds is 5. The molecule has 56 valence electrons. The molecule has 3 heteroatoms. The maximum atomic E-state index is 4.90. The van der Waals surface area contributed by atoms with Gasteiger partial charge in [0.1, 0.15) is 0 Å². The fourth-order valence-corrected chi connectivity index (χ4v) is 1.11. The molecule has 0 aliphatic rings. The van der Waals surface area contributed by atoms with Gasteiger partial charge >= 0.3 is 0 Å². The predicted octanol–water partition coefficient (Wildman–Crippen LogP) is 0.960. The molecule has 0 aliphatic carbocycles. The van der Waals surface area contributed by atoms with Crippen molar-refractivity contribution >= 4 is 15.9 Å². The second-order valence-electron chi connectivity index (χ2n) is 1.99. The molecule has 0 aromatic rings. The van der Waals surface area contributed by atoms with Gasteiger partial charge in [0.15, 0.2) is 0 Å². The van der Waals surface area contributed by atoms with Crippen LogP contribution in [0.1, 0.15) is 0 Å². The van der Waals surface area contributed by atoms with E-state index in [1.165, 1.54) is 0 Å². The molecule has 0 heterocycles. The van der Waals surface area contributed by atoms with Gasteiger partial charge in [0.25, 0.3) is 0 Å². The number of hydrogen-bond donors (Lipinski definition) is 0. The highest BCUT2D eigenvalue weighted by atomic mass is 79.9. The van der Waals surface area contributed by atoms with E-state index in [4.69, 9.17) is 4.74 Å². The number of methoxy groups -OCH3 is 1. The second kappa shape index (κ2) is 6.52. The molecule has 0 atom stereocenters. The minimum absolute atomic E-state index is 0.823. The number of alkyl halides is 1. The fourth-order valence-electron chi connectivity index (χ4n) is 0.503. The van der Waals surface area contributed by atoms with Crippen molar-refractivity contribution in [3.63, 3.8) is 0 Å². The van der Waals surface area contributed by atoms with Crippen molar-refractivity contribution in [2.75, 3.05) is 39.2 Å². The molecule has 0 fully saturated rings. The number of halogens is 1. The van der Waals surface area contributed by atoms with E-state index in [9.17, 15) is 0 Å². The van der Waals surface area contributed by atoms with Crippen molar-refractivity contribution in [1.29, 1.82) is 0 Å². The average Bonchev–Trinajstić information content (AvgIpc) is 1.85. The van der Waals surface area contributed by atoms with Crippen molar-refractivity contribution in [1.82, 2.24) is 4.90 Å². The van der Waals surface area contributed by atoms with Crippen molar-refractivity contribution < 1.29 is 4.74 Å². The fraction of sp³-hybridized carbons (Fsp3) is 1.00. The van der Waals surface area contributed by atoms with E-state index in [2.05, 4.69) is 27.9 Å². The molecule has 9 heavy (non-hydrogen) atoms. The molecule has 2 nitrogen and oxygen atoms in total. The molecule has 0 radical (unpaired) electrons. The Bertz CT molecular complexity index is 61.0. The Morgan fingerprint density at radius 2 is 2.11 bits per heavy atom. The van der Waals surface area contributed by atoms with Crippen LogP contribution in [0.3, 0.4) is 0 Å². The first kappa shape index (κ1) is 9.40. The SMILES string of the molecule is COCCN(C)CCBr. The smallest absolute Gasteiger partial charge is 0.0589 e. The molecule has 0 saturated heterocycles. The zero-order chi connectivity index (χ0) is 7.11. The molecule has 0 aromatic carbocycles. The Balaban J connectivity index is 2.95. The van der Waals surface area contributed by atoms with Crippen molar-refractivity contribution in [2.45, 2.75) is 0 Å². The Morgan fingerprint density at radius 3 is 2.56 bits per heavy atom. The third kappa shape index (κ3) is 6.28. The highest BCUT2D eigenvalue weighted by Gasteiger charge is 1.93. The molecule has 0 amide bonds. The number of hydrogen-bond acceptors (Lipinski definition) is 2. The second-order valence-corrected chi connectivity index (χ2v) is 2.78. The minimum Gasteiger partial charge on any atom is -0.383 e. The summed E-state index contributed by atoms with van der Waals surface area (Å²) in [6.45, 7) is 2.93. The van der Waals surface area contributed by atoms with Crippen LogP contribution in [-0.2, 0) is 4.74 Å². The first-order chi connectivity index (χ1) is 4.31. The largest absolute Gasteiger partial charge is 0.383 e. The van der Waals surface area contributed by atoms with Crippen LogP contribution in [-0.4, -0.2) is 44.1 Å². The first-order valence-electron chi connectivity index (χ1n) is 3.04. The molecule has 0 spiro atoms. The van der Waals surface area contributed by atoms with Crippen LogP contribution in [0.4, 0.5) is 0 Å². The van der Waals surface area contributed by atoms with Crippen LogP contribution in [0.15, 0.2) is 0 Å². The van der Waals surface area contributed by atoms with Crippen LogP contribution in [0.5, 0.6) is 0 Å². The lowest BCUT2D eigenvalue weighted by Gasteiger charge is -2.13. The molecule has 0 unspecified atom stereocenters. The topological polar surface area (TPSA) is 12.5 Å². The molecular weight excluding hydrogens is 182 g/mol. The van der Waals surface area contributed by atoms with Crippen LogP contribution < -0.4 is 0 Å². The van der Waals surface area contributed by atoms with E-state index < -0.39 is 0 Å². The maximum absolute atomic E-state index is 4.90. The van der Waals surface area contributed by atoms with Gasteiger partial charge in [0.2, 0.25) is 0 Å². The number of ether oxygens (including phenoxy) is 1. The third-order valence-electron chi connectivity index (χ3n) is 1.14. The molecule has 0 rings (SSSR count). The highest BCUT2D eigenvalue weighted by molar-refractivity contribution is 9.09. The Kier molecular flexibility index (Phi) is 6.81. The molecule has 0 aromatic heterocycles. The zero-order valence-electron chi connectivity index (χ0n) is 6.06. The number of likely N-dealkylation sites (N-methyl/N-ethyl adjacent to an activating group) is 1. The van der Waals surface area contributed by atoms with E-state index >= 15 is 0 Å². The quantitative estimate of drug-likeness (QED) is 0.607. The van der Waals surface area contributed by atoms with Gasteiger partial charge in [-0.3, -0.25) is 0 Å². The van der Waals surface area contributed by atoms with Gasteiger partial charge in [-0.25, -0.2) is 0 Å². The van der Waals surface area contributed by atoms with Gasteiger partial charge in [-0.2, -0.15) is 0 Å². The summed E-state index contributed by atoms with van der Waals surface area (Å²) < 4.78 is 4.90. The Morgan fingerprint density at radius 1 is 1.44 bits per heavy atom. The van der Waals surface area contributed by atoms with Crippen LogP contribution >= 0.6 is 15.9 Å². The summed E-state index contributed by atoms with van der Waals surface area (Å²) in [5.74, 6) is 0.